The van der Waals surface area contributed by atoms with Gasteiger partial charge in [0.25, 0.3) is 0 Å². The van der Waals surface area contributed by atoms with E-state index in [0.717, 1.165) is 5.75 Å². The summed E-state index contributed by atoms with van der Waals surface area (Å²) >= 11 is 1.81. The molecule has 5 atom stereocenters. The van der Waals surface area contributed by atoms with E-state index in [0.29, 0.717) is 13.2 Å². The molecule has 1 fully saturated rings. The number of rotatable bonds is 6. The van der Waals surface area contributed by atoms with Gasteiger partial charge in [-0.25, -0.2) is 0 Å². The molecule has 4 nitrogen and oxygen atoms in total. The molecule has 3 aliphatic heterocycles. The van der Waals surface area contributed by atoms with E-state index in [2.05, 4.69) is 91.4 Å². The van der Waals surface area contributed by atoms with Gasteiger partial charge in [-0.2, -0.15) is 0 Å². The summed E-state index contributed by atoms with van der Waals surface area (Å²) < 4.78 is 20.7. The van der Waals surface area contributed by atoms with Gasteiger partial charge in [-0.1, -0.05) is 65.8 Å². The fourth-order valence-electron chi connectivity index (χ4n) is 5.40. The molecular formula is C26H44O4SSi2. The van der Waals surface area contributed by atoms with Crippen molar-refractivity contribution in [3.63, 3.8) is 0 Å². The summed E-state index contributed by atoms with van der Waals surface area (Å²) in [4.78, 5) is 0. The molecule has 4 aliphatic rings. The average molecular weight is 509 g/mol. The first-order valence-electron chi connectivity index (χ1n) is 12.3. The van der Waals surface area contributed by atoms with Crippen LogP contribution in [0.3, 0.4) is 0 Å². The second-order valence-electron chi connectivity index (χ2n) is 13.5. The highest BCUT2D eigenvalue weighted by Crippen LogP contribution is 2.71. The van der Waals surface area contributed by atoms with Gasteiger partial charge < -0.3 is 18.7 Å². The summed E-state index contributed by atoms with van der Waals surface area (Å²) in [6, 6.07) is 0. The number of fused-ring (bicyclic) bond motifs is 2. The van der Waals surface area contributed by atoms with Gasteiger partial charge in [-0.05, 0) is 47.2 Å². The van der Waals surface area contributed by atoms with E-state index in [1.807, 2.05) is 17.8 Å². The van der Waals surface area contributed by atoms with Crippen LogP contribution in [0.5, 0.6) is 0 Å². The molecule has 7 heteroatoms. The third-order valence-electron chi connectivity index (χ3n) is 9.82. The fraction of sp³-hybridized carbons (Fsp3) is 0.769. The number of aliphatic hydroxyl groups excluding tert-OH is 1. The molecule has 1 N–H and O–H groups in total. The second-order valence-corrected chi connectivity index (χ2v) is 24.0. The summed E-state index contributed by atoms with van der Waals surface area (Å²) in [6.07, 6.45) is 7.70. The molecule has 0 aromatic carbocycles. The minimum Gasteiger partial charge on any atom is -0.416 e. The van der Waals surface area contributed by atoms with Crippen molar-refractivity contribution in [2.75, 3.05) is 19.0 Å². The topological polar surface area (TPSA) is 47.9 Å². The van der Waals surface area contributed by atoms with Crippen molar-refractivity contribution in [3.05, 3.63) is 35.3 Å². The molecule has 186 valence electrons. The number of aliphatic hydroxyl groups is 1. The van der Waals surface area contributed by atoms with Crippen LogP contribution in [0.15, 0.2) is 35.3 Å². The molecular weight excluding hydrogens is 465 g/mol. The lowest BCUT2D eigenvalue weighted by Crippen LogP contribution is -2.67. The largest absolute Gasteiger partial charge is 0.416 e. The zero-order valence-corrected chi connectivity index (χ0v) is 25.1. The molecule has 1 spiro atoms. The quantitative estimate of drug-likeness (QED) is 0.338. The number of allylic oxidation sites excluding steroid dienone is 1. The summed E-state index contributed by atoms with van der Waals surface area (Å²) in [5.74, 6) is 0.840. The van der Waals surface area contributed by atoms with Gasteiger partial charge in [0.15, 0.2) is 16.6 Å². The van der Waals surface area contributed by atoms with E-state index >= 15 is 0 Å². The van der Waals surface area contributed by atoms with Gasteiger partial charge in [0.05, 0.1) is 23.0 Å². The first-order valence-corrected chi connectivity index (χ1v) is 19.2. The van der Waals surface area contributed by atoms with E-state index in [-0.39, 0.29) is 16.2 Å². The van der Waals surface area contributed by atoms with Crippen molar-refractivity contribution in [2.45, 2.75) is 95.6 Å². The van der Waals surface area contributed by atoms with Crippen LogP contribution in [0, 0.1) is 10.8 Å². The van der Waals surface area contributed by atoms with E-state index in [4.69, 9.17) is 13.6 Å². The molecule has 0 unspecified atom stereocenters. The van der Waals surface area contributed by atoms with Crippen LogP contribution in [0.1, 0.15) is 41.5 Å². The van der Waals surface area contributed by atoms with Crippen molar-refractivity contribution in [2.24, 2.45) is 10.8 Å². The Balaban J connectivity index is 1.83. The molecule has 0 saturated carbocycles. The Morgan fingerprint density at radius 3 is 2.15 bits per heavy atom. The Kier molecular flexibility index (Phi) is 6.03. The SMILES string of the molecule is CC(C)(C)[Si](C)(C)OC[C@@]12[C@@H](O)C=CC3=CSC[C@]4(C=C[C@H]1O4)[C@]32CO[Si](C)(C)C(C)(C)C. The standard InChI is InChI=1S/C26H44O4SSi2/c1-22(2,3)32(7,8)28-16-25-20(27)12-11-19-15-31-18-24(14-13-21(25)30-24)26(19,25)17-29-33(9,10)23(4,5)6/h11-15,20-21,27H,16-18H2,1-10H3/t20-,21+,24+,25+,26-/m0/s1. The Bertz CT molecular complexity index is 897. The number of hydrogen-bond acceptors (Lipinski definition) is 5. The van der Waals surface area contributed by atoms with E-state index in [9.17, 15) is 5.11 Å². The smallest absolute Gasteiger partial charge is 0.192 e. The predicted molar refractivity (Wildman–Crippen MR) is 144 cm³/mol. The highest BCUT2D eigenvalue weighted by atomic mass is 32.2. The maximum Gasteiger partial charge on any atom is 0.192 e. The highest BCUT2D eigenvalue weighted by Gasteiger charge is 2.78. The monoisotopic (exact) mass is 508 g/mol. The number of hydrogen-bond donors (Lipinski definition) is 1. The van der Waals surface area contributed by atoms with Gasteiger partial charge in [0, 0.05) is 19.0 Å². The molecule has 0 aromatic rings. The number of thioether (sulfide) groups is 1. The normalized spacial score (nSPS) is 38.0. The van der Waals surface area contributed by atoms with Crippen LogP contribution < -0.4 is 0 Å². The van der Waals surface area contributed by atoms with E-state index in [1.54, 1.807) is 0 Å². The van der Waals surface area contributed by atoms with E-state index < -0.39 is 39.2 Å². The van der Waals surface area contributed by atoms with Gasteiger partial charge in [0.2, 0.25) is 0 Å². The van der Waals surface area contributed by atoms with Crippen LogP contribution in [-0.4, -0.2) is 58.5 Å². The fourth-order valence-corrected chi connectivity index (χ4v) is 8.64. The molecule has 2 bridgehead atoms. The zero-order valence-electron chi connectivity index (χ0n) is 22.2. The van der Waals surface area contributed by atoms with Crippen LogP contribution in [0.4, 0.5) is 0 Å². The van der Waals surface area contributed by atoms with Crippen LogP contribution >= 0.6 is 11.8 Å². The summed E-state index contributed by atoms with van der Waals surface area (Å²) in [5, 5.41) is 14.2. The minimum absolute atomic E-state index is 0.0942. The third kappa shape index (κ3) is 3.44. The van der Waals surface area contributed by atoms with Gasteiger partial charge in [-0.15, -0.1) is 11.8 Å². The molecule has 1 aliphatic carbocycles. The summed E-state index contributed by atoms with van der Waals surface area (Å²) in [7, 11) is -4.07. The van der Waals surface area contributed by atoms with Crippen molar-refractivity contribution < 1.29 is 18.7 Å². The Labute approximate surface area is 207 Å². The second kappa shape index (κ2) is 7.67. The van der Waals surface area contributed by atoms with E-state index in [1.165, 1.54) is 5.57 Å². The summed E-state index contributed by atoms with van der Waals surface area (Å²) in [6.45, 7) is 23.9. The lowest BCUT2D eigenvalue weighted by atomic mass is 9.47. The minimum atomic E-state index is -2.04. The molecule has 0 radical (unpaired) electrons. The first kappa shape index (κ1) is 25.9. The first-order chi connectivity index (χ1) is 15.0. The number of ether oxygens (including phenoxy) is 1. The van der Waals surface area contributed by atoms with Crippen LogP contribution in [0.2, 0.25) is 36.3 Å². The zero-order chi connectivity index (χ0) is 24.7. The molecule has 0 aromatic heterocycles. The summed E-state index contributed by atoms with van der Waals surface area (Å²) in [5.41, 5.74) is -0.302. The van der Waals surface area contributed by atoms with Gasteiger partial charge in [-0.3, -0.25) is 0 Å². The van der Waals surface area contributed by atoms with Crippen LogP contribution in [-0.2, 0) is 13.6 Å². The van der Waals surface area contributed by atoms with Gasteiger partial charge in [0.1, 0.15) is 5.60 Å². The Morgan fingerprint density at radius 1 is 1.00 bits per heavy atom. The maximum absolute atomic E-state index is 11.7. The Morgan fingerprint density at radius 2 is 1.58 bits per heavy atom. The Hall–Kier alpha value is -0.156. The molecule has 0 amide bonds. The van der Waals surface area contributed by atoms with Gasteiger partial charge >= 0.3 is 0 Å². The molecule has 33 heavy (non-hydrogen) atoms. The maximum atomic E-state index is 11.7. The molecule has 3 heterocycles. The van der Waals surface area contributed by atoms with Crippen molar-refractivity contribution >= 4 is 28.4 Å². The molecule has 4 rings (SSSR count). The highest BCUT2D eigenvalue weighted by molar-refractivity contribution is 8.02. The predicted octanol–water partition coefficient (Wildman–Crippen LogP) is 6.27. The lowest BCUT2D eigenvalue weighted by molar-refractivity contribution is -0.0906. The van der Waals surface area contributed by atoms with Crippen molar-refractivity contribution in [1.29, 1.82) is 0 Å². The lowest BCUT2D eigenvalue weighted by Gasteiger charge is -2.59. The molecule has 1 saturated heterocycles. The third-order valence-corrected chi connectivity index (χ3v) is 19.8. The van der Waals surface area contributed by atoms with Crippen LogP contribution in [0.25, 0.3) is 0 Å². The van der Waals surface area contributed by atoms with Crippen molar-refractivity contribution in [1.82, 2.24) is 0 Å². The average Bonchev–Trinajstić information content (AvgIpc) is 3.20. The van der Waals surface area contributed by atoms with Crippen molar-refractivity contribution in [3.8, 4) is 0 Å².